The maximum atomic E-state index is 14.6. The number of hydrogen-bond donors (Lipinski definition) is 1. The number of rotatable bonds is 5. The molecule has 3 aliphatic carbocycles. The minimum absolute atomic E-state index is 0.0756. The van der Waals surface area contributed by atoms with Gasteiger partial charge in [-0.25, -0.2) is 0 Å². The fourth-order valence-corrected chi connectivity index (χ4v) is 8.38. The molecule has 0 saturated carbocycles. The van der Waals surface area contributed by atoms with Crippen molar-refractivity contribution in [1.29, 1.82) is 0 Å². The standard InChI is InChI=1S/C33H22Cl4N2O3/c34-19-14-15-24(35)25(17-19)38-29(40)26(16-18-8-2-1-3-9-18)39-30(41)27-28(31(39)42)33(37)21-11-5-4-10-20(21)32(27,36)22-12-6-7-13-23(22)33/h1-15,17,26-28H,16H2,(H,38,40)/t26-,27+,28+,32?,33?/m0/s1. The van der Waals surface area contributed by atoms with Crippen LogP contribution in [0.1, 0.15) is 27.8 Å². The summed E-state index contributed by atoms with van der Waals surface area (Å²) in [5.74, 6) is -3.70. The number of nitrogens with zero attached hydrogens (tertiary/aromatic N) is 1. The Labute approximate surface area is 262 Å². The SMILES string of the molecule is O=C(Nc1cc(Cl)ccc1Cl)[C@H](Cc1ccccc1)N1C(=O)[C@H]2[C@H](C1=O)C1(Cl)c3ccccc3C2(Cl)c2ccccc21. The van der Waals surface area contributed by atoms with Gasteiger partial charge in [-0.1, -0.05) is 102 Å². The van der Waals surface area contributed by atoms with Crippen molar-refractivity contribution in [2.45, 2.75) is 22.2 Å². The average molecular weight is 636 g/mol. The van der Waals surface area contributed by atoms with Crippen LogP contribution in [0, 0.1) is 11.8 Å². The molecule has 42 heavy (non-hydrogen) atoms. The van der Waals surface area contributed by atoms with E-state index in [0.29, 0.717) is 27.3 Å². The third-order valence-electron chi connectivity index (χ3n) is 8.69. The van der Waals surface area contributed by atoms with Crippen molar-refractivity contribution in [3.8, 4) is 0 Å². The molecular weight excluding hydrogens is 614 g/mol. The molecule has 1 aliphatic heterocycles. The van der Waals surface area contributed by atoms with Crippen LogP contribution in [0.15, 0.2) is 97.1 Å². The predicted octanol–water partition coefficient (Wildman–Crippen LogP) is 7.14. The Morgan fingerprint density at radius 2 is 1.21 bits per heavy atom. The lowest BCUT2D eigenvalue weighted by molar-refractivity contribution is -0.146. The zero-order chi connectivity index (χ0) is 29.4. The Morgan fingerprint density at radius 3 is 1.71 bits per heavy atom. The number of imide groups is 1. The zero-order valence-corrected chi connectivity index (χ0v) is 24.9. The fourth-order valence-electron chi connectivity index (χ4n) is 6.94. The molecule has 1 fully saturated rings. The Kier molecular flexibility index (Phi) is 6.45. The highest BCUT2D eigenvalue weighted by Crippen LogP contribution is 2.69. The molecule has 9 heteroatoms. The molecule has 0 radical (unpaired) electrons. The molecule has 4 aliphatic rings. The molecule has 5 nitrogen and oxygen atoms in total. The van der Waals surface area contributed by atoms with Crippen molar-refractivity contribution >= 4 is 69.8 Å². The van der Waals surface area contributed by atoms with Gasteiger partial charge in [0.15, 0.2) is 0 Å². The third kappa shape index (κ3) is 3.74. The van der Waals surface area contributed by atoms with Crippen molar-refractivity contribution < 1.29 is 14.4 Å². The van der Waals surface area contributed by atoms with Gasteiger partial charge in [0.05, 0.1) is 22.5 Å². The van der Waals surface area contributed by atoms with E-state index in [1.807, 2.05) is 78.9 Å². The van der Waals surface area contributed by atoms with Gasteiger partial charge in [0.2, 0.25) is 17.7 Å². The molecule has 0 spiro atoms. The molecule has 0 unspecified atom stereocenters. The van der Waals surface area contributed by atoms with Crippen LogP contribution in [0.4, 0.5) is 5.69 Å². The summed E-state index contributed by atoms with van der Waals surface area (Å²) in [6.07, 6.45) is 0.0756. The molecule has 4 aromatic carbocycles. The topological polar surface area (TPSA) is 66.5 Å². The fraction of sp³-hybridized carbons (Fsp3) is 0.182. The second-order valence-corrected chi connectivity index (χ2v) is 12.9. The largest absolute Gasteiger partial charge is 0.323 e. The Balaban J connectivity index is 1.37. The normalized spacial score (nSPS) is 26.0. The van der Waals surface area contributed by atoms with E-state index >= 15 is 0 Å². The second-order valence-electron chi connectivity index (χ2n) is 10.8. The van der Waals surface area contributed by atoms with Gasteiger partial charge in [0, 0.05) is 11.4 Å². The number of carbonyl (C=O) groups excluding carboxylic acids is 3. The molecule has 1 saturated heterocycles. The maximum absolute atomic E-state index is 14.6. The van der Waals surface area contributed by atoms with Crippen molar-refractivity contribution in [2.24, 2.45) is 11.8 Å². The summed E-state index contributed by atoms with van der Waals surface area (Å²) >= 11 is 27.7. The van der Waals surface area contributed by atoms with Gasteiger partial charge < -0.3 is 5.32 Å². The average Bonchev–Trinajstić information content (AvgIpc) is 3.27. The van der Waals surface area contributed by atoms with Crippen LogP contribution in [0.5, 0.6) is 0 Å². The van der Waals surface area contributed by atoms with E-state index in [9.17, 15) is 14.4 Å². The lowest BCUT2D eigenvalue weighted by Crippen LogP contribution is -2.57. The summed E-state index contributed by atoms with van der Waals surface area (Å²) in [6, 6.07) is 27.5. The van der Waals surface area contributed by atoms with Crippen molar-refractivity contribution in [3.63, 3.8) is 0 Å². The van der Waals surface area contributed by atoms with Crippen LogP contribution in [-0.4, -0.2) is 28.7 Å². The number of nitrogens with one attached hydrogen (secondary N) is 1. The maximum Gasteiger partial charge on any atom is 0.248 e. The van der Waals surface area contributed by atoms with Crippen molar-refractivity contribution in [3.05, 3.63) is 135 Å². The van der Waals surface area contributed by atoms with E-state index in [2.05, 4.69) is 5.32 Å². The van der Waals surface area contributed by atoms with E-state index in [1.54, 1.807) is 12.1 Å². The van der Waals surface area contributed by atoms with Gasteiger partial charge in [-0.2, -0.15) is 0 Å². The number of alkyl halides is 2. The van der Waals surface area contributed by atoms with Crippen LogP contribution in [0.25, 0.3) is 0 Å². The summed E-state index contributed by atoms with van der Waals surface area (Å²) in [6.45, 7) is 0. The summed E-state index contributed by atoms with van der Waals surface area (Å²) in [5.41, 5.74) is 3.81. The second kappa shape index (κ2) is 9.85. The van der Waals surface area contributed by atoms with Crippen LogP contribution in [-0.2, 0) is 30.6 Å². The third-order valence-corrected chi connectivity index (χ3v) is 10.5. The smallest absolute Gasteiger partial charge is 0.248 e. The summed E-state index contributed by atoms with van der Waals surface area (Å²) in [5, 5.41) is 3.43. The van der Waals surface area contributed by atoms with Crippen LogP contribution >= 0.6 is 46.4 Å². The van der Waals surface area contributed by atoms with Crippen LogP contribution in [0.2, 0.25) is 10.0 Å². The number of anilines is 1. The van der Waals surface area contributed by atoms with Gasteiger partial charge in [-0.05, 0) is 46.0 Å². The van der Waals surface area contributed by atoms with Crippen molar-refractivity contribution in [1.82, 2.24) is 4.90 Å². The number of benzene rings is 4. The molecule has 0 aromatic heterocycles. The minimum atomic E-state index is -1.35. The van der Waals surface area contributed by atoms with Gasteiger partial charge in [-0.15, -0.1) is 23.2 Å². The molecule has 4 aromatic rings. The van der Waals surface area contributed by atoms with Crippen molar-refractivity contribution in [2.75, 3.05) is 5.32 Å². The first-order chi connectivity index (χ1) is 20.2. The van der Waals surface area contributed by atoms with Gasteiger partial charge in [-0.3, -0.25) is 19.3 Å². The number of carbonyl (C=O) groups is 3. The highest BCUT2D eigenvalue weighted by molar-refractivity contribution is 6.37. The number of likely N-dealkylation sites (tertiary alicyclic amines) is 1. The minimum Gasteiger partial charge on any atom is -0.323 e. The van der Waals surface area contributed by atoms with Gasteiger partial charge in [0.25, 0.3) is 0 Å². The summed E-state index contributed by atoms with van der Waals surface area (Å²) in [7, 11) is 0. The van der Waals surface area contributed by atoms with Gasteiger partial charge >= 0.3 is 0 Å². The first kappa shape index (κ1) is 27.5. The van der Waals surface area contributed by atoms with E-state index in [4.69, 9.17) is 46.4 Å². The number of hydrogen-bond acceptors (Lipinski definition) is 3. The van der Waals surface area contributed by atoms with Crippen LogP contribution < -0.4 is 5.32 Å². The van der Waals surface area contributed by atoms with E-state index < -0.39 is 45.3 Å². The lowest BCUT2D eigenvalue weighted by Gasteiger charge is -2.54. The highest BCUT2D eigenvalue weighted by atomic mass is 35.5. The molecular formula is C33H22Cl4N2O3. The molecule has 210 valence electrons. The highest BCUT2D eigenvalue weighted by Gasteiger charge is 2.73. The Bertz CT molecular complexity index is 1670. The van der Waals surface area contributed by atoms with E-state index in [-0.39, 0.29) is 17.1 Å². The van der Waals surface area contributed by atoms with E-state index in [0.717, 1.165) is 10.5 Å². The number of amides is 3. The molecule has 1 N–H and O–H groups in total. The Hall–Kier alpha value is -3.35. The summed E-state index contributed by atoms with van der Waals surface area (Å²) in [4.78, 5) is 41.5. The lowest BCUT2D eigenvalue weighted by atomic mass is 9.54. The monoisotopic (exact) mass is 634 g/mol. The molecule has 2 bridgehead atoms. The first-order valence-corrected chi connectivity index (χ1v) is 14.9. The summed E-state index contributed by atoms with van der Waals surface area (Å²) < 4.78 is 0. The predicted molar refractivity (Wildman–Crippen MR) is 164 cm³/mol. The Morgan fingerprint density at radius 1 is 0.738 bits per heavy atom. The number of halogens is 4. The van der Waals surface area contributed by atoms with Crippen LogP contribution in [0.3, 0.4) is 0 Å². The molecule has 8 rings (SSSR count). The van der Waals surface area contributed by atoms with E-state index in [1.165, 1.54) is 6.07 Å². The molecule has 3 amide bonds. The zero-order valence-electron chi connectivity index (χ0n) is 21.9. The quantitative estimate of drug-likeness (QED) is 0.187. The first-order valence-electron chi connectivity index (χ1n) is 13.4. The van der Waals surface area contributed by atoms with Gasteiger partial charge in [0.1, 0.15) is 15.8 Å². The molecule has 1 heterocycles. The molecule has 3 atom stereocenters.